The number of amides is 2. The Morgan fingerprint density at radius 2 is 1.56 bits per heavy atom. The van der Waals surface area contributed by atoms with Crippen LogP contribution in [0.15, 0.2) is 33.3 Å². The smallest absolute Gasteiger partial charge is 0.305 e. The van der Waals surface area contributed by atoms with Crippen LogP contribution in [-0.4, -0.2) is 65.9 Å². The summed E-state index contributed by atoms with van der Waals surface area (Å²) in [5, 5.41) is 0.746. The Kier molecular flexibility index (Phi) is 11.2. The van der Waals surface area contributed by atoms with E-state index in [1.165, 1.54) is 23.8 Å². The molecule has 7 nitrogen and oxygen atoms in total. The number of halogens is 3. The molecule has 1 atom stereocenters. The first-order valence-electron chi connectivity index (χ1n) is 15.5. The van der Waals surface area contributed by atoms with Crippen LogP contribution in [0.1, 0.15) is 86.1 Å². The topological polar surface area (TPSA) is 79.8 Å². The lowest BCUT2D eigenvalue weighted by molar-refractivity contribution is -0.141. The normalized spacial score (nSPS) is 19.4. The third-order valence-electron chi connectivity index (χ3n) is 9.46. The van der Waals surface area contributed by atoms with E-state index in [1.807, 2.05) is 17.2 Å². The van der Waals surface area contributed by atoms with E-state index in [0.717, 1.165) is 71.3 Å². The first-order chi connectivity index (χ1) is 20.7. The highest BCUT2D eigenvalue weighted by molar-refractivity contribution is 9.10. The summed E-state index contributed by atoms with van der Waals surface area (Å²) in [4.78, 5) is 46.2. The standard InChI is InChI=1S/C33H40Br2ClN3O4/c1-43-30(42)5-3-2-4-28(40)38-12-8-21(9-13-38)16-29(41)39-14-10-22(11-15-39)32-31-23(18-26(36)19-27(31)35)6-7-24-17-25(34)20-37-33(24)32/h17-22,32H,2-16H2,1H3/t32-/m1/s1. The van der Waals surface area contributed by atoms with Crippen LogP contribution in [0.4, 0.5) is 0 Å². The van der Waals surface area contributed by atoms with Crippen LogP contribution in [0.2, 0.25) is 5.02 Å². The van der Waals surface area contributed by atoms with Crippen molar-refractivity contribution in [3.63, 3.8) is 0 Å². The number of carbonyl (C=O) groups excluding carboxylic acids is 3. The number of hydrogen-bond acceptors (Lipinski definition) is 5. The zero-order valence-corrected chi connectivity index (χ0v) is 28.7. The molecule has 3 aliphatic rings. The molecule has 2 amide bonds. The lowest BCUT2D eigenvalue weighted by Crippen LogP contribution is -2.43. The molecular weight excluding hydrogens is 698 g/mol. The van der Waals surface area contributed by atoms with Gasteiger partial charge in [-0.1, -0.05) is 27.5 Å². The van der Waals surface area contributed by atoms with Crippen LogP contribution >= 0.6 is 43.5 Å². The Balaban J connectivity index is 1.15. The van der Waals surface area contributed by atoms with E-state index in [4.69, 9.17) is 16.6 Å². The number of unbranched alkanes of at least 4 members (excludes halogenated alkanes) is 1. The zero-order valence-electron chi connectivity index (χ0n) is 24.8. The third-order valence-corrected chi connectivity index (χ3v) is 10.8. The average Bonchev–Trinajstić information content (AvgIpc) is 3.16. The van der Waals surface area contributed by atoms with Gasteiger partial charge in [0.05, 0.1) is 12.8 Å². The van der Waals surface area contributed by atoms with E-state index in [9.17, 15) is 14.4 Å². The molecule has 2 saturated heterocycles. The van der Waals surface area contributed by atoms with Gasteiger partial charge >= 0.3 is 5.97 Å². The number of ether oxygens (including phenoxy) is 1. The lowest BCUT2D eigenvalue weighted by Gasteiger charge is -2.38. The Morgan fingerprint density at radius 3 is 2.28 bits per heavy atom. The molecule has 0 saturated carbocycles. The fourth-order valence-corrected chi connectivity index (χ4v) is 8.58. The molecule has 1 aromatic heterocycles. The first-order valence-corrected chi connectivity index (χ1v) is 17.4. The summed E-state index contributed by atoms with van der Waals surface area (Å²) in [5.41, 5.74) is 5.01. The van der Waals surface area contributed by atoms with Gasteiger partial charge in [0.1, 0.15) is 0 Å². The number of pyridine rings is 1. The van der Waals surface area contributed by atoms with Gasteiger partial charge in [-0.2, -0.15) is 0 Å². The van der Waals surface area contributed by atoms with Crippen LogP contribution in [0.25, 0.3) is 0 Å². The highest BCUT2D eigenvalue weighted by Crippen LogP contribution is 2.46. The number of likely N-dealkylation sites (tertiary alicyclic amines) is 2. The number of nitrogens with zero attached hydrogens (tertiary/aromatic N) is 3. The highest BCUT2D eigenvalue weighted by atomic mass is 79.9. The van der Waals surface area contributed by atoms with Gasteiger partial charge in [-0.05, 0) is 114 Å². The Hall–Kier alpha value is -1.97. The summed E-state index contributed by atoms with van der Waals surface area (Å²) in [7, 11) is 1.38. The predicted octanol–water partition coefficient (Wildman–Crippen LogP) is 7.09. The number of aromatic nitrogens is 1. The van der Waals surface area contributed by atoms with Crippen LogP contribution in [0.3, 0.4) is 0 Å². The van der Waals surface area contributed by atoms with Gasteiger partial charge < -0.3 is 14.5 Å². The minimum absolute atomic E-state index is 0.147. The fourth-order valence-electron chi connectivity index (χ4n) is 7.08. The van der Waals surface area contributed by atoms with Crippen molar-refractivity contribution in [2.45, 2.75) is 76.5 Å². The number of carbonyl (C=O) groups is 3. The highest BCUT2D eigenvalue weighted by Gasteiger charge is 2.37. The maximum Gasteiger partial charge on any atom is 0.305 e. The quantitative estimate of drug-likeness (QED) is 0.214. The molecule has 0 unspecified atom stereocenters. The van der Waals surface area contributed by atoms with E-state index >= 15 is 0 Å². The van der Waals surface area contributed by atoms with Crippen LogP contribution < -0.4 is 0 Å². The average molecular weight is 738 g/mol. The maximum absolute atomic E-state index is 13.4. The zero-order chi connectivity index (χ0) is 30.5. The van der Waals surface area contributed by atoms with Crippen molar-refractivity contribution >= 4 is 61.2 Å². The molecule has 3 heterocycles. The molecule has 10 heteroatoms. The van der Waals surface area contributed by atoms with Crippen LogP contribution in [0, 0.1) is 11.8 Å². The SMILES string of the molecule is COC(=O)CCCCC(=O)N1CCC(CC(=O)N2CCC([C@H]3c4ncc(Br)cc4CCc4cc(Cl)cc(Br)c43)CC2)CC1. The molecule has 0 radical (unpaired) electrons. The number of rotatable bonds is 8. The second-order valence-corrected chi connectivity index (χ2v) is 14.4. The Morgan fingerprint density at radius 1 is 0.907 bits per heavy atom. The van der Waals surface area contributed by atoms with E-state index in [2.05, 4.69) is 53.6 Å². The predicted molar refractivity (Wildman–Crippen MR) is 174 cm³/mol. The fraction of sp³-hybridized carbons (Fsp3) is 0.576. The van der Waals surface area contributed by atoms with Crippen molar-refractivity contribution in [3.8, 4) is 0 Å². The summed E-state index contributed by atoms with van der Waals surface area (Å²) in [6.07, 6.45) is 10.1. The van der Waals surface area contributed by atoms with Crippen LogP contribution in [-0.2, 0) is 32.0 Å². The number of fused-ring (bicyclic) bond motifs is 2. The third kappa shape index (κ3) is 8.01. The molecule has 0 spiro atoms. The molecule has 0 N–H and O–H groups in total. The molecule has 1 aromatic carbocycles. The van der Waals surface area contributed by atoms with Gasteiger partial charge in [0.2, 0.25) is 11.8 Å². The van der Waals surface area contributed by atoms with Gasteiger partial charge in [0.15, 0.2) is 0 Å². The minimum atomic E-state index is -0.230. The molecular formula is C33H40Br2ClN3O4. The molecule has 232 valence electrons. The number of methoxy groups -OCH3 is 1. The molecule has 43 heavy (non-hydrogen) atoms. The molecule has 2 aliphatic heterocycles. The molecule has 0 bridgehead atoms. The van der Waals surface area contributed by atoms with Crippen LogP contribution in [0.5, 0.6) is 0 Å². The van der Waals surface area contributed by atoms with Crippen molar-refractivity contribution in [3.05, 3.63) is 60.7 Å². The van der Waals surface area contributed by atoms with Gasteiger partial charge in [-0.3, -0.25) is 19.4 Å². The summed E-state index contributed by atoms with van der Waals surface area (Å²) in [5.74, 6) is 1.01. The lowest BCUT2D eigenvalue weighted by atomic mass is 9.76. The first kappa shape index (κ1) is 32.4. The maximum atomic E-state index is 13.4. The minimum Gasteiger partial charge on any atom is -0.469 e. The summed E-state index contributed by atoms with van der Waals surface area (Å²) < 4.78 is 6.70. The van der Waals surface area contributed by atoms with E-state index in [0.29, 0.717) is 57.0 Å². The van der Waals surface area contributed by atoms with Crippen molar-refractivity contribution in [2.24, 2.45) is 11.8 Å². The Labute approximate surface area is 276 Å². The number of benzene rings is 1. The summed E-state index contributed by atoms with van der Waals surface area (Å²) in [6.45, 7) is 2.93. The Bertz CT molecular complexity index is 1340. The molecule has 2 aromatic rings. The van der Waals surface area contributed by atoms with Crippen molar-refractivity contribution < 1.29 is 19.1 Å². The number of hydrogen-bond donors (Lipinski definition) is 0. The summed E-state index contributed by atoms with van der Waals surface area (Å²) in [6, 6.07) is 6.32. The number of aryl methyl sites for hydroxylation is 2. The number of esters is 1. The largest absolute Gasteiger partial charge is 0.469 e. The van der Waals surface area contributed by atoms with E-state index in [-0.39, 0.29) is 23.7 Å². The van der Waals surface area contributed by atoms with Crippen molar-refractivity contribution in [1.82, 2.24) is 14.8 Å². The van der Waals surface area contributed by atoms with Gasteiger partial charge in [0.25, 0.3) is 0 Å². The van der Waals surface area contributed by atoms with Gasteiger partial charge in [-0.25, -0.2) is 0 Å². The van der Waals surface area contributed by atoms with Gasteiger partial charge in [-0.15, -0.1) is 0 Å². The second-order valence-electron chi connectivity index (χ2n) is 12.2. The molecule has 1 aliphatic carbocycles. The van der Waals surface area contributed by atoms with Crippen molar-refractivity contribution in [1.29, 1.82) is 0 Å². The second kappa shape index (κ2) is 14.9. The van der Waals surface area contributed by atoms with E-state index < -0.39 is 0 Å². The molecule has 2 fully saturated rings. The molecule has 5 rings (SSSR count). The summed E-state index contributed by atoms with van der Waals surface area (Å²) >= 11 is 13.9. The van der Waals surface area contributed by atoms with Gasteiger partial charge in [0, 0.05) is 71.5 Å². The monoisotopic (exact) mass is 735 g/mol. The number of piperidine rings is 2. The van der Waals surface area contributed by atoms with E-state index in [1.54, 1.807) is 0 Å². The van der Waals surface area contributed by atoms with Crippen molar-refractivity contribution in [2.75, 3.05) is 33.3 Å².